The number of carbonyl (C=O) groups excluding carboxylic acids is 2. The highest BCUT2D eigenvalue weighted by Gasteiger charge is 2.29. The fraction of sp³-hybridized carbons (Fsp3) is 0.458. The Hall–Kier alpha value is -3.69. The summed E-state index contributed by atoms with van der Waals surface area (Å²) in [6, 6.07) is 8.29. The summed E-state index contributed by atoms with van der Waals surface area (Å²) in [5.41, 5.74) is 7.49. The molecule has 5 rings (SSSR count). The van der Waals surface area contributed by atoms with Crippen molar-refractivity contribution in [1.82, 2.24) is 24.5 Å². The van der Waals surface area contributed by atoms with Crippen LogP contribution in [0.25, 0.3) is 5.78 Å². The van der Waals surface area contributed by atoms with Gasteiger partial charge in [0.2, 0.25) is 11.8 Å². The largest absolute Gasteiger partial charge is 0.491 e. The van der Waals surface area contributed by atoms with Gasteiger partial charge in [0.1, 0.15) is 24.5 Å². The monoisotopic (exact) mass is 463 g/mol. The molecular weight excluding hydrogens is 434 g/mol. The maximum absolute atomic E-state index is 12.7. The number of anilines is 1. The minimum absolute atomic E-state index is 0.0539. The van der Waals surface area contributed by atoms with E-state index in [0.29, 0.717) is 38.3 Å². The summed E-state index contributed by atoms with van der Waals surface area (Å²) in [5, 5.41) is 4.33. The predicted octanol–water partition coefficient (Wildman–Crippen LogP) is 1.71. The second kappa shape index (κ2) is 9.66. The minimum atomic E-state index is -0.371. The van der Waals surface area contributed by atoms with Crippen LogP contribution >= 0.6 is 0 Å². The number of primary amides is 1. The van der Waals surface area contributed by atoms with Crippen LogP contribution in [0, 0.1) is 0 Å². The van der Waals surface area contributed by atoms with E-state index < -0.39 is 0 Å². The van der Waals surface area contributed by atoms with Crippen molar-refractivity contribution >= 4 is 23.4 Å². The lowest BCUT2D eigenvalue weighted by atomic mass is 9.98. The second-order valence-corrected chi connectivity index (χ2v) is 8.85. The van der Waals surface area contributed by atoms with E-state index in [-0.39, 0.29) is 24.3 Å². The quantitative estimate of drug-likeness (QED) is 0.540. The highest BCUT2D eigenvalue weighted by Crippen LogP contribution is 2.31. The van der Waals surface area contributed by atoms with E-state index in [9.17, 15) is 9.59 Å². The van der Waals surface area contributed by atoms with Crippen molar-refractivity contribution in [3.05, 3.63) is 47.9 Å². The Labute approximate surface area is 197 Å². The van der Waals surface area contributed by atoms with Crippen LogP contribution in [0.4, 0.5) is 5.82 Å². The van der Waals surface area contributed by atoms with Crippen LogP contribution in [0.2, 0.25) is 0 Å². The lowest BCUT2D eigenvalue weighted by Gasteiger charge is -2.31. The fourth-order valence-electron chi connectivity index (χ4n) is 4.91. The molecule has 4 heterocycles. The number of benzene rings is 1. The Kier molecular flexibility index (Phi) is 6.29. The SMILES string of the molecule is NC(=O)CCCC(=O)N1CCc2cccc(OC[C@H]3CCCN3c3ccnc4ncnn34)c2C1. The molecule has 2 aliphatic heterocycles. The fourth-order valence-corrected chi connectivity index (χ4v) is 4.91. The third-order valence-electron chi connectivity index (χ3n) is 6.66. The first kappa shape index (κ1) is 22.1. The highest BCUT2D eigenvalue weighted by atomic mass is 16.5. The van der Waals surface area contributed by atoms with Crippen molar-refractivity contribution in [2.75, 3.05) is 24.6 Å². The normalized spacial score (nSPS) is 17.7. The summed E-state index contributed by atoms with van der Waals surface area (Å²) in [4.78, 5) is 36.3. The number of amides is 2. The van der Waals surface area contributed by atoms with Gasteiger partial charge in [-0.15, -0.1) is 0 Å². The Bertz CT molecular complexity index is 1190. The Morgan fingerprint density at radius 1 is 1.15 bits per heavy atom. The van der Waals surface area contributed by atoms with Gasteiger partial charge in [0.15, 0.2) is 0 Å². The van der Waals surface area contributed by atoms with Crippen LogP contribution in [0.3, 0.4) is 0 Å². The standard InChI is InChI=1S/C24H29N7O3/c25-21(32)7-2-8-23(33)29-13-10-17-4-1-6-20(19(17)14-29)34-15-18-5-3-12-30(18)22-9-11-26-24-27-16-28-31(22)24/h1,4,6,9,11,16,18H,2-3,5,7-8,10,12-15H2,(H2,25,32)/t18-/m1/s1. The molecule has 1 saturated heterocycles. The first-order valence-corrected chi connectivity index (χ1v) is 11.8. The van der Waals surface area contributed by atoms with E-state index in [4.69, 9.17) is 10.5 Å². The van der Waals surface area contributed by atoms with Crippen LogP contribution in [0.1, 0.15) is 43.2 Å². The number of nitrogens with zero attached hydrogens (tertiary/aromatic N) is 6. The minimum Gasteiger partial charge on any atom is -0.491 e. The van der Waals surface area contributed by atoms with Crippen LogP contribution in [0.5, 0.6) is 5.75 Å². The number of nitrogens with two attached hydrogens (primary N) is 1. The smallest absolute Gasteiger partial charge is 0.254 e. The van der Waals surface area contributed by atoms with Crippen LogP contribution < -0.4 is 15.4 Å². The van der Waals surface area contributed by atoms with Crippen LogP contribution in [0.15, 0.2) is 36.8 Å². The molecular formula is C24H29N7O3. The van der Waals surface area contributed by atoms with Gasteiger partial charge < -0.3 is 20.3 Å². The third kappa shape index (κ3) is 4.52. The zero-order valence-corrected chi connectivity index (χ0v) is 19.1. The van der Waals surface area contributed by atoms with E-state index in [2.05, 4.69) is 26.0 Å². The lowest BCUT2D eigenvalue weighted by Crippen LogP contribution is -2.37. The van der Waals surface area contributed by atoms with Gasteiger partial charge in [-0.05, 0) is 43.4 Å². The van der Waals surface area contributed by atoms with Gasteiger partial charge in [-0.1, -0.05) is 12.1 Å². The van der Waals surface area contributed by atoms with Crippen LogP contribution in [-0.2, 0) is 22.6 Å². The molecule has 1 fully saturated rings. The number of fused-ring (bicyclic) bond motifs is 2. The maximum atomic E-state index is 12.7. The molecule has 10 nitrogen and oxygen atoms in total. The molecule has 3 aromatic rings. The molecule has 10 heteroatoms. The molecule has 0 spiro atoms. The summed E-state index contributed by atoms with van der Waals surface area (Å²) in [5.74, 6) is 2.07. The van der Waals surface area contributed by atoms with Gasteiger partial charge in [-0.25, -0.2) is 4.98 Å². The van der Waals surface area contributed by atoms with Gasteiger partial charge in [-0.3, -0.25) is 9.59 Å². The van der Waals surface area contributed by atoms with Gasteiger partial charge >= 0.3 is 0 Å². The first-order valence-electron chi connectivity index (χ1n) is 11.8. The molecule has 1 atom stereocenters. The number of hydrogen-bond acceptors (Lipinski definition) is 7. The number of ether oxygens (including phenoxy) is 1. The van der Waals surface area contributed by atoms with Gasteiger partial charge in [0.05, 0.1) is 6.04 Å². The Balaban J connectivity index is 1.27. The lowest BCUT2D eigenvalue weighted by molar-refractivity contribution is -0.132. The van der Waals surface area contributed by atoms with E-state index >= 15 is 0 Å². The topological polar surface area (TPSA) is 119 Å². The molecule has 2 N–H and O–H groups in total. The van der Waals surface area contributed by atoms with Gasteiger partial charge in [0.25, 0.3) is 5.78 Å². The zero-order chi connectivity index (χ0) is 23.5. The number of rotatable bonds is 8. The first-order chi connectivity index (χ1) is 16.6. The van der Waals surface area contributed by atoms with Gasteiger partial charge in [0, 0.05) is 44.2 Å². The van der Waals surface area contributed by atoms with E-state index in [1.54, 1.807) is 10.7 Å². The average molecular weight is 464 g/mol. The second-order valence-electron chi connectivity index (χ2n) is 8.85. The molecule has 2 amide bonds. The van der Waals surface area contributed by atoms with Crippen molar-refractivity contribution in [3.63, 3.8) is 0 Å². The van der Waals surface area contributed by atoms with Crippen molar-refractivity contribution in [2.45, 2.75) is 51.1 Å². The van der Waals surface area contributed by atoms with Crippen molar-refractivity contribution in [2.24, 2.45) is 5.73 Å². The summed E-state index contributed by atoms with van der Waals surface area (Å²) in [6.45, 7) is 2.67. The molecule has 0 bridgehead atoms. The summed E-state index contributed by atoms with van der Waals surface area (Å²) < 4.78 is 8.14. The molecule has 0 saturated carbocycles. The molecule has 0 radical (unpaired) electrons. The van der Waals surface area contributed by atoms with Crippen molar-refractivity contribution in [3.8, 4) is 5.75 Å². The molecule has 178 valence electrons. The molecule has 0 unspecified atom stereocenters. The highest BCUT2D eigenvalue weighted by molar-refractivity contribution is 5.78. The molecule has 0 aliphatic carbocycles. The number of hydrogen-bond donors (Lipinski definition) is 1. The molecule has 1 aromatic carbocycles. The summed E-state index contributed by atoms with van der Waals surface area (Å²) >= 11 is 0. The zero-order valence-electron chi connectivity index (χ0n) is 19.1. The maximum Gasteiger partial charge on any atom is 0.254 e. The Morgan fingerprint density at radius 2 is 2.06 bits per heavy atom. The van der Waals surface area contributed by atoms with E-state index in [1.165, 1.54) is 11.9 Å². The van der Waals surface area contributed by atoms with Crippen molar-refractivity contribution < 1.29 is 14.3 Å². The average Bonchev–Trinajstić information content (AvgIpc) is 3.51. The number of carbonyl (C=O) groups is 2. The van der Waals surface area contributed by atoms with Gasteiger partial charge in [-0.2, -0.15) is 14.6 Å². The summed E-state index contributed by atoms with van der Waals surface area (Å²) in [6.07, 6.45) is 7.24. The third-order valence-corrected chi connectivity index (χ3v) is 6.66. The summed E-state index contributed by atoms with van der Waals surface area (Å²) in [7, 11) is 0. The molecule has 2 aliphatic rings. The van der Waals surface area contributed by atoms with Crippen LogP contribution in [-0.4, -0.2) is 62.0 Å². The molecule has 34 heavy (non-hydrogen) atoms. The van der Waals surface area contributed by atoms with E-state index in [1.807, 2.05) is 23.1 Å². The Morgan fingerprint density at radius 3 is 2.94 bits per heavy atom. The number of aromatic nitrogens is 4. The van der Waals surface area contributed by atoms with E-state index in [0.717, 1.165) is 42.9 Å². The molecule has 2 aromatic heterocycles. The van der Waals surface area contributed by atoms with Crippen molar-refractivity contribution in [1.29, 1.82) is 0 Å². The predicted molar refractivity (Wildman–Crippen MR) is 125 cm³/mol.